The van der Waals surface area contributed by atoms with Crippen LogP contribution in [0.3, 0.4) is 0 Å². The average Bonchev–Trinajstić information content (AvgIpc) is 2.29. The Morgan fingerprint density at radius 1 is 1.59 bits per heavy atom. The van der Waals surface area contributed by atoms with Gasteiger partial charge in [-0.05, 0) is 26.0 Å². The molecule has 1 unspecified atom stereocenters. The van der Waals surface area contributed by atoms with Crippen LogP contribution in [0.1, 0.15) is 19.4 Å². The molecule has 0 aliphatic heterocycles. The fourth-order valence-electron chi connectivity index (χ4n) is 1.18. The molecule has 1 aromatic carbocycles. The number of ether oxygens (including phenoxy) is 2. The molecule has 0 heterocycles. The van der Waals surface area contributed by atoms with Gasteiger partial charge in [-0.25, -0.2) is 4.79 Å². The van der Waals surface area contributed by atoms with E-state index < -0.39 is 12.1 Å². The van der Waals surface area contributed by atoms with Crippen LogP contribution in [0.2, 0.25) is 5.02 Å². The van der Waals surface area contributed by atoms with Crippen LogP contribution in [0.4, 0.5) is 0 Å². The van der Waals surface area contributed by atoms with E-state index in [1.54, 1.807) is 19.9 Å². The first kappa shape index (κ1) is 13.3. The minimum Gasteiger partial charge on any atom is -0.478 e. The lowest BCUT2D eigenvalue weighted by Gasteiger charge is -2.14. The summed E-state index contributed by atoms with van der Waals surface area (Å²) in [7, 11) is 0. The van der Waals surface area contributed by atoms with Crippen LogP contribution >= 0.6 is 11.6 Å². The zero-order chi connectivity index (χ0) is 12.8. The molecule has 1 rings (SSSR count). The van der Waals surface area contributed by atoms with Gasteiger partial charge in [0.2, 0.25) is 0 Å². The molecule has 0 spiro atoms. The first-order chi connectivity index (χ1) is 8.08. The van der Waals surface area contributed by atoms with E-state index in [9.17, 15) is 4.79 Å². The summed E-state index contributed by atoms with van der Waals surface area (Å²) in [6, 6.07) is 6.58. The van der Waals surface area contributed by atoms with Gasteiger partial charge in [0, 0.05) is 11.1 Å². The van der Waals surface area contributed by atoms with E-state index in [1.165, 1.54) is 12.1 Å². The highest BCUT2D eigenvalue weighted by molar-refractivity contribution is 6.30. The second-order valence-electron chi connectivity index (χ2n) is 3.26. The number of rotatable bonds is 4. The smallest absolute Gasteiger partial charge is 0.347 e. The maximum atomic E-state index is 11.4. The van der Waals surface area contributed by atoms with Crippen LogP contribution < -0.4 is 4.74 Å². The Balaban J connectivity index is 2.84. The van der Waals surface area contributed by atoms with Crippen LogP contribution in [0.5, 0.6) is 5.75 Å². The number of esters is 1. The zero-order valence-electron chi connectivity index (χ0n) is 9.57. The molecule has 0 saturated carbocycles. The Bertz CT molecular complexity index is 454. The predicted molar refractivity (Wildman–Crippen MR) is 62.9 cm³/mol. The molecule has 0 fully saturated rings. The molecule has 1 atom stereocenters. The van der Waals surface area contributed by atoms with Crippen molar-refractivity contribution < 1.29 is 14.3 Å². The van der Waals surface area contributed by atoms with Crippen molar-refractivity contribution in [3.63, 3.8) is 0 Å². The quantitative estimate of drug-likeness (QED) is 0.774. The van der Waals surface area contributed by atoms with E-state index in [1.807, 2.05) is 6.07 Å². The first-order valence-corrected chi connectivity index (χ1v) is 5.49. The van der Waals surface area contributed by atoms with E-state index in [-0.39, 0.29) is 12.4 Å². The minimum atomic E-state index is -0.777. The molecule has 90 valence electrons. The number of nitrogens with zero attached hydrogens (tertiary/aromatic N) is 1. The normalized spacial score (nSPS) is 11.4. The van der Waals surface area contributed by atoms with Crippen molar-refractivity contribution in [3.05, 3.63) is 28.8 Å². The Morgan fingerprint density at radius 2 is 2.29 bits per heavy atom. The molecular weight excluding hydrogens is 242 g/mol. The Morgan fingerprint density at radius 3 is 2.88 bits per heavy atom. The maximum absolute atomic E-state index is 11.4. The van der Waals surface area contributed by atoms with E-state index in [0.717, 1.165) is 0 Å². The van der Waals surface area contributed by atoms with Gasteiger partial charge >= 0.3 is 5.97 Å². The third-order valence-electron chi connectivity index (χ3n) is 1.99. The number of halogens is 1. The molecule has 0 aliphatic rings. The van der Waals surface area contributed by atoms with E-state index in [4.69, 9.17) is 26.3 Å². The summed E-state index contributed by atoms with van der Waals surface area (Å²) in [5.41, 5.74) is 0.325. The fourth-order valence-corrected chi connectivity index (χ4v) is 1.35. The summed E-state index contributed by atoms with van der Waals surface area (Å²) in [5, 5.41) is 9.31. The summed E-state index contributed by atoms with van der Waals surface area (Å²) in [5.74, 6) is -0.197. The number of carbonyl (C=O) groups is 1. The highest BCUT2D eigenvalue weighted by Crippen LogP contribution is 2.23. The van der Waals surface area contributed by atoms with E-state index in [0.29, 0.717) is 10.6 Å². The zero-order valence-corrected chi connectivity index (χ0v) is 10.3. The summed E-state index contributed by atoms with van der Waals surface area (Å²) >= 11 is 5.79. The largest absolute Gasteiger partial charge is 0.478 e. The van der Waals surface area contributed by atoms with Gasteiger partial charge in [-0.2, -0.15) is 5.26 Å². The molecule has 0 saturated heterocycles. The summed E-state index contributed by atoms with van der Waals surface area (Å²) in [6.45, 7) is 3.55. The van der Waals surface area contributed by atoms with E-state index >= 15 is 0 Å². The van der Waals surface area contributed by atoms with Crippen molar-refractivity contribution in [3.8, 4) is 11.8 Å². The van der Waals surface area contributed by atoms with Gasteiger partial charge in [-0.1, -0.05) is 11.6 Å². The van der Waals surface area contributed by atoms with Gasteiger partial charge in [0.1, 0.15) is 11.8 Å². The van der Waals surface area contributed by atoms with Crippen molar-refractivity contribution in [1.29, 1.82) is 5.26 Å². The number of hydrogen-bond donors (Lipinski definition) is 0. The Kier molecular flexibility index (Phi) is 4.80. The topological polar surface area (TPSA) is 59.3 Å². The molecule has 4 nitrogen and oxygen atoms in total. The average molecular weight is 254 g/mol. The highest BCUT2D eigenvalue weighted by Gasteiger charge is 2.17. The monoisotopic (exact) mass is 253 g/mol. The second kappa shape index (κ2) is 6.12. The SMILES string of the molecule is CCOC(=O)C(C)Oc1cc(Cl)ccc1C#N. The molecule has 0 bridgehead atoms. The number of hydrogen-bond acceptors (Lipinski definition) is 4. The number of benzene rings is 1. The molecule has 5 heteroatoms. The van der Waals surface area contributed by atoms with Gasteiger partial charge in [0.05, 0.1) is 12.2 Å². The molecule has 0 aromatic heterocycles. The predicted octanol–water partition coefficient (Wildman–Crippen LogP) is 2.54. The number of nitriles is 1. The van der Waals surface area contributed by atoms with Crippen molar-refractivity contribution in [2.75, 3.05) is 6.61 Å². The standard InChI is InChI=1S/C12H12ClNO3/c1-3-16-12(15)8(2)17-11-6-10(13)5-4-9(11)7-14/h4-6,8H,3H2,1-2H3. The molecule has 0 radical (unpaired) electrons. The van der Waals surface area contributed by atoms with Crippen LogP contribution in [-0.4, -0.2) is 18.7 Å². The minimum absolute atomic E-state index is 0.278. The van der Waals surface area contributed by atoms with Gasteiger partial charge < -0.3 is 9.47 Å². The van der Waals surface area contributed by atoms with Crippen molar-refractivity contribution in [1.82, 2.24) is 0 Å². The first-order valence-electron chi connectivity index (χ1n) is 5.11. The van der Waals surface area contributed by atoms with Crippen LogP contribution in [0.25, 0.3) is 0 Å². The van der Waals surface area contributed by atoms with Crippen LogP contribution in [0.15, 0.2) is 18.2 Å². The van der Waals surface area contributed by atoms with E-state index in [2.05, 4.69) is 0 Å². The third-order valence-corrected chi connectivity index (χ3v) is 2.22. The van der Waals surface area contributed by atoms with Gasteiger partial charge in [-0.3, -0.25) is 0 Å². The van der Waals surface area contributed by atoms with Gasteiger partial charge in [-0.15, -0.1) is 0 Å². The highest BCUT2D eigenvalue weighted by atomic mass is 35.5. The lowest BCUT2D eigenvalue weighted by Crippen LogP contribution is -2.26. The second-order valence-corrected chi connectivity index (χ2v) is 3.70. The van der Waals surface area contributed by atoms with Crippen molar-refractivity contribution in [2.24, 2.45) is 0 Å². The molecule has 0 aliphatic carbocycles. The lowest BCUT2D eigenvalue weighted by atomic mass is 10.2. The molecule has 1 aromatic rings. The van der Waals surface area contributed by atoms with Gasteiger partial charge in [0.15, 0.2) is 6.10 Å². The summed E-state index contributed by atoms with van der Waals surface area (Å²) < 4.78 is 10.1. The lowest BCUT2D eigenvalue weighted by molar-refractivity contribution is -0.150. The molecule has 17 heavy (non-hydrogen) atoms. The molecule has 0 amide bonds. The van der Waals surface area contributed by atoms with Gasteiger partial charge in [0.25, 0.3) is 0 Å². The Labute approximate surface area is 105 Å². The molecule has 0 N–H and O–H groups in total. The summed E-state index contributed by atoms with van der Waals surface area (Å²) in [6.07, 6.45) is -0.777. The fraction of sp³-hybridized carbons (Fsp3) is 0.333. The van der Waals surface area contributed by atoms with Crippen molar-refractivity contribution in [2.45, 2.75) is 20.0 Å². The van der Waals surface area contributed by atoms with Crippen molar-refractivity contribution >= 4 is 17.6 Å². The third kappa shape index (κ3) is 3.65. The summed E-state index contributed by atoms with van der Waals surface area (Å²) in [4.78, 5) is 11.4. The van der Waals surface area contributed by atoms with Crippen LogP contribution in [0, 0.1) is 11.3 Å². The van der Waals surface area contributed by atoms with Crippen LogP contribution in [-0.2, 0) is 9.53 Å². The molecular formula is C12H12ClNO3. The number of carbonyl (C=O) groups excluding carboxylic acids is 1. The Hall–Kier alpha value is -1.73. The maximum Gasteiger partial charge on any atom is 0.347 e.